The van der Waals surface area contributed by atoms with Gasteiger partial charge in [-0.25, -0.2) is 0 Å². The van der Waals surface area contributed by atoms with Crippen LogP contribution in [0.1, 0.15) is 64.7 Å². The summed E-state index contributed by atoms with van der Waals surface area (Å²) in [5, 5.41) is 3.01. The molecule has 3 fully saturated rings. The maximum Gasteiger partial charge on any atom is 0.251 e. The topological polar surface area (TPSA) is 82.2 Å². The van der Waals surface area contributed by atoms with Crippen molar-refractivity contribution in [3.05, 3.63) is 29.8 Å². The Bertz CT molecular complexity index is 995. The first-order valence-corrected chi connectivity index (χ1v) is 14.3. The number of carbonyl (C=O) groups excluding carboxylic acids is 3. The normalized spacial score (nSPS) is 25.1. The van der Waals surface area contributed by atoms with Crippen LogP contribution in [-0.2, 0) is 14.3 Å². The van der Waals surface area contributed by atoms with E-state index < -0.39 is 12.1 Å². The van der Waals surface area contributed by atoms with Gasteiger partial charge >= 0.3 is 0 Å². The number of benzene rings is 1. The molecule has 8 heteroatoms. The van der Waals surface area contributed by atoms with E-state index in [0.717, 1.165) is 38.4 Å². The Morgan fingerprint density at radius 2 is 1.74 bits per heavy atom. The number of amides is 2. The number of carbonyl (C=O) groups is 3. The second kappa shape index (κ2) is 11.7. The molecular formula is C30H46N4O4. The van der Waals surface area contributed by atoms with Gasteiger partial charge in [0.2, 0.25) is 5.91 Å². The second-order valence-corrected chi connectivity index (χ2v) is 12.7. The van der Waals surface area contributed by atoms with Crippen molar-refractivity contribution in [2.45, 2.75) is 72.6 Å². The predicted octanol–water partition coefficient (Wildman–Crippen LogP) is 3.20. The predicted molar refractivity (Wildman–Crippen MR) is 149 cm³/mol. The van der Waals surface area contributed by atoms with Crippen LogP contribution in [0.5, 0.6) is 0 Å². The maximum absolute atomic E-state index is 13.8. The number of likely N-dealkylation sites (tertiary alicyclic amines) is 1. The Morgan fingerprint density at radius 3 is 2.32 bits per heavy atom. The minimum Gasteiger partial charge on any atom is -0.369 e. The van der Waals surface area contributed by atoms with Gasteiger partial charge in [0.25, 0.3) is 5.91 Å². The quantitative estimate of drug-likeness (QED) is 0.560. The first kappa shape index (κ1) is 28.6. The van der Waals surface area contributed by atoms with Crippen molar-refractivity contribution in [2.75, 3.05) is 50.8 Å². The fourth-order valence-electron chi connectivity index (χ4n) is 6.15. The minimum absolute atomic E-state index is 0.0455. The van der Waals surface area contributed by atoms with Gasteiger partial charge in [0.15, 0.2) is 5.78 Å². The molecule has 1 N–H and O–H groups in total. The van der Waals surface area contributed by atoms with Crippen LogP contribution in [0.3, 0.4) is 0 Å². The maximum atomic E-state index is 13.8. The van der Waals surface area contributed by atoms with Crippen LogP contribution in [0.2, 0.25) is 0 Å². The lowest BCUT2D eigenvalue weighted by molar-refractivity contribution is -0.138. The molecule has 0 bridgehead atoms. The number of hydrogen-bond acceptors (Lipinski definition) is 6. The van der Waals surface area contributed by atoms with Crippen molar-refractivity contribution < 1.29 is 19.1 Å². The number of nitrogens with zero attached hydrogens (tertiary/aromatic N) is 3. The highest BCUT2D eigenvalue weighted by Gasteiger charge is 2.55. The zero-order valence-corrected chi connectivity index (χ0v) is 24.0. The van der Waals surface area contributed by atoms with E-state index in [0.29, 0.717) is 18.5 Å². The Kier molecular flexibility index (Phi) is 8.82. The molecule has 3 aliphatic heterocycles. The number of anilines is 1. The molecule has 3 saturated heterocycles. The van der Waals surface area contributed by atoms with Crippen LogP contribution < -0.4 is 10.2 Å². The van der Waals surface area contributed by atoms with E-state index in [-0.39, 0.29) is 47.6 Å². The van der Waals surface area contributed by atoms with Crippen molar-refractivity contribution in [3.63, 3.8) is 0 Å². The Labute approximate surface area is 228 Å². The van der Waals surface area contributed by atoms with Crippen LogP contribution in [-0.4, -0.2) is 91.5 Å². The number of Topliss-reactive ketones (excluding diaryl/α,β-unsaturated/α-hetero) is 1. The lowest BCUT2D eigenvalue weighted by Gasteiger charge is -2.36. The molecule has 3 aliphatic rings. The van der Waals surface area contributed by atoms with E-state index in [4.69, 9.17) is 4.74 Å². The Hall–Kier alpha value is -2.45. The highest BCUT2D eigenvalue weighted by molar-refractivity contribution is 5.99. The van der Waals surface area contributed by atoms with Crippen LogP contribution in [0, 0.1) is 17.3 Å². The third kappa shape index (κ3) is 6.23. The summed E-state index contributed by atoms with van der Waals surface area (Å²) in [5.74, 6) is -0.231. The zero-order chi connectivity index (χ0) is 27.6. The van der Waals surface area contributed by atoms with Gasteiger partial charge < -0.3 is 19.9 Å². The summed E-state index contributed by atoms with van der Waals surface area (Å²) < 4.78 is 5.86. The summed E-state index contributed by atoms with van der Waals surface area (Å²) >= 11 is 0. The molecule has 0 saturated carbocycles. The fourth-order valence-corrected chi connectivity index (χ4v) is 6.15. The average molecular weight is 527 g/mol. The Morgan fingerprint density at radius 1 is 1.08 bits per heavy atom. The molecule has 0 spiro atoms. The zero-order valence-electron chi connectivity index (χ0n) is 24.0. The second-order valence-electron chi connectivity index (χ2n) is 12.7. The van der Waals surface area contributed by atoms with Crippen LogP contribution in [0.15, 0.2) is 24.3 Å². The van der Waals surface area contributed by atoms with Crippen molar-refractivity contribution in [1.29, 1.82) is 0 Å². The monoisotopic (exact) mass is 526 g/mol. The summed E-state index contributed by atoms with van der Waals surface area (Å²) in [7, 11) is 0. The lowest BCUT2D eigenvalue weighted by atomic mass is 9.78. The SMILES string of the molecule is CCCN1CCN(c2ccc(C(=O)NC(CC(C)C)C(=O)N3C[C@H](C(C)(C)C)[C@H]4OCC(=O)[C@H]43)cc2)CC1. The van der Waals surface area contributed by atoms with Gasteiger partial charge in [0.1, 0.15) is 18.7 Å². The summed E-state index contributed by atoms with van der Waals surface area (Å²) in [4.78, 5) is 46.4. The van der Waals surface area contributed by atoms with Gasteiger partial charge in [0.05, 0.1) is 6.10 Å². The van der Waals surface area contributed by atoms with Crippen molar-refractivity contribution in [1.82, 2.24) is 15.1 Å². The number of rotatable bonds is 8. The highest BCUT2D eigenvalue weighted by atomic mass is 16.5. The number of fused-ring (bicyclic) bond motifs is 1. The molecule has 0 aromatic heterocycles. The number of nitrogens with one attached hydrogen (secondary N) is 1. The van der Waals surface area contributed by atoms with Crippen LogP contribution in [0.4, 0.5) is 5.69 Å². The molecule has 38 heavy (non-hydrogen) atoms. The molecule has 210 valence electrons. The molecule has 1 unspecified atom stereocenters. The van der Waals surface area contributed by atoms with Gasteiger partial charge in [-0.2, -0.15) is 0 Å². The summed E-state index contributed by atoms with van der Waals surface area (Å²) in [5.41, 5.74) is 1.54. The van der Waals surface area contributed by atoms with Gasteiger partial charge in [-0.05, 0) is 55.0 Å². The standard InChI is InChI=1S/C30H46N4O4/c1-7-12-32-13-15-33(16-14-32)22-10-8-21(9-11-22)28(36)31-24(17-20(2)3)29(37)34-18-23(30(4,5)6)27-26(34)25(35)19-38-27/h8-11,20,23-24,26-27H,7,12-19H2,1-6H3,(H,31,36)/t23-,24?,26+,27+/m0/s1. The first-order chi connectivity index (χ1) is 18.0. The smallest absolute Gasteiger partial charge is 0.251 e. The summed E-state index contributed by atoms with van der Waals surface area (Å²) in [6, 6.07) is 6.43. The molecule has 4 rings (SSSR count). The number of ketones is 1. The number of piperazine rings is 1. The molecule has 1 aromatic rings. The molecule has 4 atom stereocenters. The van der Waals surface area contributed by atoms with E-state index in [1.807, 2.05) is 38.1 Å². The van der Waals surface area contributed by atoms with Gasteiger partial charge in [0, 0.05) is 49.9 Å². The van der Waals surface area contributed by atoms with E-state index in [1.165, 1.54) is 6.42 Å². The van der Waals surface area contributed by atoms with E-state index in [1.54, 1.807) is 4.90 Å². The third-order valence-corrected chi connectivity index (χ3v) is 8.30. The molecule has 2 amide bonds. The van der Waals surface area contributed by atoms with Gasteiger partial charge in [-0.1, -0.05) is 41.5 Å². The molecule has 0 aliphatic carbocycles. The lowest BCUT2D eigenvalue weighted by Crippen LogP contribution is -2.52. The van der Waals surface area contributed by atoms with Crippen molar-refractivity contribution in [3.8, 4) is 0 Å². The molecule has 8 nitrogen and oxygen atoms in total. The summed E-state index contributed by atoms with van der Waals surface area (Å²) in [6.07, 6.45) is 1.40. The van der Waals surface area contributed by atoms with E-state index >= 15 is 0 Å². The van der Waals surface area contributed by atoms with Crippen LogP contribution >= 0.6 is 0 Å². The Balaban J connectivity index is 1.44. The summed E-state index contributed by atoms with van der Waals surface area (Å²) in [6.45, 7) is 18.4. The molecule has 3 heterocycles. The highest BCUT2D eigenvalue weighted by Crippen LogP contribution is 2.41. The van der Waals surface area contributed by atoms with Crippen molar-refractivity contribution in [2.24, 2.45) is 17.3 Å². The van der Waals surface area contributed by atoms with E-state index in [2.05, 4.69) is 42.8 Å². The largest absolute Gasteiger partial charge is 0.369 e. The number of hydrogen-bond donors (Lipinski definition) is 1. The fraction of sp³-hybridized carbons (Fsp3) is 0.700. The third-order valence-electron chi connectivity index (χ3n) is 8.30. The van der Waals surface area contributed by atoms with E-state index in [9.17, 15) is 14.4 Å². The molecular weight excluding hydrogens is 480 g/mol. The molecule has 0 radical (unpaired) electrons. The first-order valence-electron chi connectivity index (χ1n) is 14.3. The number of ether oxygens (including phenoxy) is 1. The average Bonchev–Trinajstić information content (AvgIpc) is 3.44. The van der Waals surface area contributed by atoms with Crippen LogP contribution in [0.25, 0.3) is 0 Å². The van der Waals surface area contributed by atoms with Gasteiger partial charge in [-0.15, -0.1) is 0 Å². The molecule has 1 aromatic carbocycles. The van der Waals surface area contributed by atoms with Crippen molar-refractivity contribution >= 4 is 23.3 Å². The minimum atomic E-state index is -0.693. The van der Waals surface area contributed by atoms with Gasteiger partial charge in [-0.3, -0.25) is 19.3 Å².